The minimum atomic E-state index is -1.34. The second-order valence-electron chi connectivity index (χ2n) is 7.88. The van der Waals surface area contributed by atoms with Gasteiger partial charge in [0.15, 0.2) is 6.17 Å². The Hall–Kier alpha value is -3.65. The van der Waals surface area contributed by atoms with Gasteiger partial charge in [0.05, 0.1) is 13.0 Å². The third kappa shape index (κ3) is 5.33. The number of nitriles is 1. The van der Waals surface area contributed by atoms with Crippen molar-refractivity contribution in [3.05, 3.63) is 101 Å². The first-order valence-corrected chi connectivity index (χ1v) is 10.5. The van der Waals surface area contributed by atoms with Crippen molar-refractivity contribution in [3.8, 4) is 11.8 Å². The molecule has 3 aromatic rings. The van der Waals surface area contributed by atoms with E-state index in [0.717, 1.165) is 5.56 Å². The van der Waals surface area contributed by atoms with E-state index in [1.165, 1.54) is 0 Å². The van der Waals surface area contributed by atoms with E-state index >= 15 is 0 Å². The third-order valence-electron chi connectivity index (χ3n) is 5.35. The molecule has 5 heteroatoms. The molecule has 3 unspecified atom stereocenters. The standard InChI is InChI=1S/C27H26FNO3/c1-18(2)25(19-12-14-23(31-3)15-13-19)27(30)32-24(17-29)21-10-7-11-22(16-21)26(28)20-8-5-4-6-9-20/h4-16,18,24-26H,1-3H3. The lowest BCUT2D eigenvalue weighted by molar-refractivity contribution is -0.150. The molecule has 0 saturated heterocycles. The van der Waals surface area contributed by atoms with Crippen molar-refractivity contribution in [2.75, 3.05) is 7.11 Å². The molecule has 3 rings (SSSR count). The highest BCUT2D eigenvalue weighted by atomic mass is 19.1. The highest BCUT2D eigenvalue weighted by molar-refractivity contribution is 5.79. The van der Waals surface area contributed by atoms with Crippen molar-refractivity contribution in [2.45, 2.75) is 32.0 Å². The van der Waals surface area contributed by atoms with E-state index in [9.17, 15) is 14.4 Å². The molecule has 3 aromatic carbocycles. The first-order valence-electron chi connectivity index (χ1n) is 10.5. The van der Waals surface area contributed by atoms with Crippen LogP contribution in [-0.4, -0.2) is 13.1 Å². The summed E-state index contributed by atoms with van der Waals surface area (Å²) in [4.78, 5) is 13.0. The number of alkyl halides is 1. The minimum Gasteiger partial charge on any atom is -0.497 e. The number of benzene rings is 3. The van der Waals surface area contributed by atoms with Gasteiger partial charge >= 0.3 is 5.97 Å². The average molecular weight is 432 g/mol. The van der Waals surface area contributed by atoms with Gasteiger partial charge in [0.2, 0.25) is 6.10 Å². The minimum absolute atomic E-state index is 0.0464. The van der Waals surface area contributed by atoms with Gasteiger partial charge in [0.25, 0.3) is 0 Å². The fraction of sp³-hybridized carbons (Fsp3) is 0.259. The highest BCUT2D eigenvalue weighted by Gasteiger charge is 2.29. The van der Waals surface area contributed by atoms with Crippen LogP contribution >= 0.6 is 0 Å². The molecule has 32 heavy (non-hydrogen) atoms. The predicted octanol–water partition coefficient (Wildman–Crippen LogP) is 6.30. The number of hydrogen-bond donors (Lipinski definition) is 0. The fourth-order valence-electron chi connectivity index (χ4n) is 3.66. The van der Waals surface area contributed by atoms with Crippen LogP contribution in [-0.2, 0) is 9.53 Å². The summed E-state index contributed by atoms with van der Waals surface area (Å²) in [5.74, 6) is -0.398. The van der Waals surface area contributed by atoms with Crippen molar-refractivity contribution in [1.29, 1.82) is 5.26 Å². The van der Waals surface area contributed by atoms with Crippen LogP contribution in [0.2, 0.25) is 0 Å². The number of hydrogen-bond acceptors (Lipinski definition) is 4. The molecular weight excluding hydrogens is 405 g/mol. The molecule has 0 aliphatic rings. The van der Waals surface area contributed by atoms with Gasteiger partial charge in [-0.25, -0.2) is 4.39 Å². The van der Waals surface area contributed by atoms with Crippen LogP contribution < -0.4 is 4.74 Å². The second kappa shape index (κ2) is 10.6. The lowest BCUT2D eigenvalue weighted by Gasteiger charge is -2.22. The Morgan fingerprint density at radius 2 is 1.50 bits per heavy atom. The molecule has 0 heterocycles. The van der Waals surface area contributed by atoms with Crippen molar-refractivity contribution in [2.24, 2.45) is 5.92 Å². The number of carbonyl (C=O) groups is 1. The van der Waals surface area contributed by atoms with Gasteiger partial charge in [-0.1, -0.05) is 74.5 Å². The van der Waals surface area contributed by atoms with E-state index in [0.29, 0.717) is 22.4 Å². The first kappa shape index (κ1) is 23.0. The van der Waals surface area contributed by atoms with E-state index in [4.69, 9.17) is 9.47 Å². The molecule has 0 spiro atoms. The Morgan fingerprint density at radius 1 is 0.875 bits per heavy atom. The molecule has 0 bridgehead atoms. The number of rotatable bonds is 8. The molecule has 0 saturated carbocycles. The van der Waals surface area contributed by atoms with Crippen LogP contribution in [0.25, 0.3) is 0 Å². The van der Waals surface area contributed by atoms with Crippen LogP contribution in [0.3, 0.4) is 0 Å². The van der Waals surface area contributed by atoms with Gasteiger partial charge in [-0.3, -0.25) is 4.79 Å². The topological polar surface area (TPSA) is 59.3 Å². The quantitative estimate of drug-likeness (QED) is 0.393. The number of ether oxygens (including phenoxy) is 2. The maximum atomic E-state index is 15.0. The number of halogens is 1. The molecule has 0 amide bonds. The van der Waals surface area contributed by atoms with Gasteiger partial charge in [-0.2, -0.15) is 5.26 Å². The molecule has 0 N–H and O–H groups in total. The Bertz CT molecular complexity index is 1070. The molecule has 0 aliphatic carbocycles. The number of nitrogens with zero attached hydrogens (tertiary/aromatic N) is 1. The molecule has 0 radical (unpaired) electrons. The summed E-state index contributed by atoms with van der Waals surface area (Å²) in [6, 6.07) is 24.6. The van der Waals surface area contributed by atoms with E-state index in [1.807, 2.05) is 38.1 Å². The monoisotopic (exact) mass is 431 g/mol. The van der Waals surface area contributed by atoms with Crippen molar-refractivity contribution in [3.63, 3.8) is 0 Å². The summed E-state index contributed by atoms with van der Waals surface area (Å²) in [5.41, 5.74) is 2.15. The summed E-state index contributed by atoms with van der Waals surface area (Å²) in [7, 11) is 1.58. The van der Waals surface area contributed by atoms with Gasteiger partial charge in [-0.05, 0) is 40.8 Å². The predicted molar refractivity (Wildman–Crippen MR) is 121 cm³/mol. The summed E-state index contributed by atoms with van der Waals surface area (Å²) in [6.07, 6.45) is -2.47. The van der Waals surface area contributed by atoms with Crippen LogP contribution in [0.1, 0.15) is 54.3 Å². The zero-order valence-electron chi connectivity index (χ0n) is 18.4. The van der Waals surface area contributed by atoms with Gasteiger partial charge in [0, 0.05) is 5.56 Å². The smallest absolute Gasteiger partial charge is 0.315 e. The zero-order valence-corrected chi connectivity index (χ0v) is 18.4. The summed E-state index contributed by atoms with van der Waals surface area (Å²) < 4.78 is 25.8. The van der Waals surface area contributed by atoms with E-state index in [2.05, 4.69) is 0 Å². The lowest BCUT2D eigenvalue weighted by atomic mass is 9.88. The average Bonchev–Trinajstić information content (AvgIpc) is 2.83. The van der Waals surface area contributed by atoms with Gasteiger partial charge in [-0.15, -0.1) is 0 Å². The lowest BCUT2D eigenvalue weighted by Crippen LogP contribution is -2.22. The van der Waals surface area contributed by atoms with Crippen LogP contribution in [0.5, 0.6) is 5.75 Å². The third-order valence-corrected chi connectivity index (χ3v) is 5.35. The van der Waals surface area contributed by atoms with E-state index in [-0.39, 0.29) is 5.92 Å². The Balaban J connectivity index is 1.82. The van der Waals surface area contributed by atoms with E-state index in [1.54, 1.807) is 67.8 Å². The first-order chi connectivity index (χ1) is 15.4. The van der Waals surface area contributed by atoms with E-state index < -0.39 is 24.2 Å². The number of carbonyl (C=O) groups excluding carboxylic acids is 1. The van der Waals surface area contributed by atoms with Crippen LogP contribution in [0, 0.1) is 17.2 Å². The molecule has 0 fully saturated rings. The molecule has 0 aliphatic heterocycles. The Morgan fingerprint density at radius 3 is 2.09 bits per heavy atom. The second-order valence-corrected chi connectivity index (χ2v) is 7.88. The molecule has 164 valence electrons. The molecular formula is C27H26FNO3. The number of methoxy groups -OCH3 is 1. The fourth-order valence-corrected chi connectivity index (χ4v) is 3.66. The Kier molecular flexibility index (Phi) is 7.62. The van der Waals surface area contributed by atoms with Crippen molar-refractivity contribution in [1.82, 2.24) is 0 Å². The van der Waals surface area contributed by atoms with Gasteiger partial charge < -0.3 is 9.47 Å². The van der Waals surface area contributed by atoms with Crippen molar-refractivity contribution < 1.29 is 18.7 Å². The maximum Gasteiger partial charge on any atom is 0.315 e. The summed E-state index contributed by atoms with van der Waals surface area (Å²) in [6.45, 7) is 3.84. The molecule has 0 aromatic heterocycles. The summed E-state index contributed by atoms with van der Waals surface area (Å²) >= 11 is 0. The number of esters is 1. The Labute approximate surface area is 188 Å². The molecule has 4 nitrogen and oxygen atoms in total. The maximum absolute atomic E-state index is 15.0. The SMILES string of the molecule is COc1ccc(C(C(=O)OC(C#N)c2cccc(C(F)c3ccccc3)c2)C(C)C)cc1. The largest absolute Gasteiger partial charge is 0.497 e. The normalized spacial score (nSPS) is 13.6. The van der Waals surface area contributed by atoms with Gasteiger partial charge in [0.1, 0.15) is 11.8 Å². The highest BCUT2D eigenvalue weighted by Crippen LogP contribution is 2.32. The summed E-state index contributed by atoms with van der Waals surface area (Å²) in [5, 5.41) is 9.70. The molecule has 3 atom stereocenters. The van der Waals surface area contributed by atoms with Crippen LogP contribution in [0.15, 0.2) is 78.9 Å². The van der Waals surface area contributed by atoms with Crippen molar-refractivity contribution >= 4 is 5.97 Å². The zero-order chi connectivity index (χ0) is 23.1. The van der Waals surface area contributed by atoms with Crippen LogP contribution in [0.4, 0.5) is 4.39 Å².